The quantitative estimate of drug-likeness (QED) is 0.432. The van der Waals surface area contributed by atoms with E-state index >= 15 is 0 Å². The first-order valence-corrected chi connectivity index (χ1v) is 13.0. The zero-order chi connectivity index (χ0) is 21.8. The van der Waals surface area contributed by atoms with Crippen LogP contribution in [0.1, 0.15) is 98.3 Å². The van der Waals surface area contributed by atoms with Crippen LogP contribution in [-0.2, 0) is 19.1 Å². The molecule has 5 saturated carbocycles. The molecule has 0 aromatic carbocycles. The summed E-state index contributed by atoms with van der Waals surface area (Å²) in [5, 5.41) is 0. The number of carbonyl (C=O) groups excluding carboxylic acids is 2. The number of carbonyl (C=O) groups is 2. The predicted molar refractivity (Wildman–Crippen MR) is 117 cm³/mol. The molecule has 5 aliphatic carbocycles. The number of hydrogen-bond donors (Lipinski definition) is 0. The summed E-state index contributed by atoms with van der Waals surface area (Å²) in [6.45, 7) is 8.45. The summed E-state index contributed by atoms with van der Waals surface area (Å²) < 4.78 is 12.2. The maximum atomic E-state index is 13.2. The van der Waals surface area contributed by atoms with Crippen molar-refractivity contribution in [2.45, 2.75) is 116 Å². The van der Waals surface area contributed by atoms with Crippen molar-refractivity contribution in [1.29, 1.82) is 0 Å². The van der Waals surface area contributed by atoms with Crippen LogP contribution >= 0.6 is 0 Å². The van der Waals surface area contributed by atoms with Crippen molar-refractivity contribution in [2.75, 3.05) is 0 Å². The van der Waals surface area contributed by atoms with Crippen LogP contribution in [0.25, 0.3) is 0 Å². The van der Waals surface area contributed by atoms with E-state index in [-0.39, 0.29) is 33.9 Å². The number of epoxide rings is 1. The van der Waals surface area contributed by atoms with Crippen LogP contribution in [0.4, 0.5) is 0 Å². The molecule has 0 amide bonds. The Morgan fingerprint density at radius 3 is 2.42 bits per heavy atom. The summed E-state index contributed by atoms with van der Waals surface area (Å²) in [6, 6.07) is 0. The molecule has 6 rings (SSSR count). The van der Waals surface area contributed by atoms with Gasteiger partial charge in [0, 0.05) is 24.2 Å². The average molecular weight is 429 g/mol. The highest BCUT2D eigenvalue weighted by atomic mass is 16.6. The molecule has 1 aliphatic heterocycles. The highest BCUT2D eigenvalue weighted by Gasteiger charge is 2.78. The summed E-state index contributed by atoms with van der Waals surface area (Å²) in [6.07, 6.45) is 13.1. The van der Waals surface area contributed by atoms with Crippen LogP contribution in [0.5, 0.6) is 0 Å². The highest BCUT2D eigenvalue weighted by molar-refractivity contribution is 5.84. The second-order valence-corrected chi connectivity index (χ2v) is 12.7. The van der Waals surface area contributed by atoms with Crippen molar-refractivity contribution >= 4 is 11.8 Å². The molecule has 6 aliphatic rings. The molecule has 0 bridgehead atoms. The van der Waals surface area contributed by atoms with Gasteiger partial charge in [0.2, 0.25) is 0 Å². The molecule has 4 heteroatoms. The molecule has 4 nitrogen and oxygen atoms in total. The van der Waals surface area contributed by atoms with Crippen LogP contribution in [0.15, 0.2) is 0 Å². The Bertz CT molecular complexity index is 822. The van der Waals surface area contributed by atoms with E-state index in [9.17, 15) is 9.59 Å². The molecule has 0 aromatic heterocycles. The van der Waals surface area contributed by atoms with Gasteiger partial charge in [0.15, 0.2) is 0 Å². The smallest absolute Gasteiger partial charge is 0.302 e. The van der Waals surface area contributed by atoms with Gasteiger partial charge < -0.3 is 9.47 Å². The van der Waals surface area contributed by atoms with Gasteiger partial charge in [0.05, 0.1) is 6.10 Å². The second-order valence-electron chi connectivity index (χ2n) is 12.7. The molecule has 172 valence electrons. The normalized spacial score (nSPS) is 56.9. The molecule has 0 radical (unpaired) electrons. The van der Waals surface area contributed by atoms with Gasteiger partial charge in [-0.3, -0.25) is 9.59 Å². The maximum Gasteiger partial charge on any atom is 0.302 e. The SMILES string of the molecule is CC(=O)O[C@@H]1CC[C@]2(C)[C@@H]3CC[C@]4(C)[C@H](C[C@H]5CCCC[C@@]54C(C)=O)[C@@H]3C[C@@H]3O[C@@]32C1. The fourth-order valence-corrected chi connectivity index (χ4v) is 10.8. The Morgan fingerprint density at radius 2 is 1.68 bits per heavy atom. The van der Waals surface area contributed by atoms with Gasteiger partial charge >= 0.3 is 5.97 Å². The lowest BCUT2D eigenvalue weighted by atomic mass is 9.42. The van der Waals surface area contributed by atoms with Gasteiger partial charge in [-0.2, -0.15) is 0 Å². The van der Waals surface area contributed by atoms with Crippen LogP contribution < -0.4 is 0 Å². The molecule has 1 spiro atoms. The van der Waals surface area contributed by atoms with E-state index in [1.54, 1.807) is 0 Å². The molecule has 0 aromatic rings. The molecule has 10 atom stereocenters. The summed E-state index contributed by atoms with van der Waals surface area (Å²) in [7, 11) is 0. The first kappa shape index (κ1) is 20.7. The number of rotatable bonds is 2. The molecule has 31 heavy (non-hydrogen) atoms. The lowest BCUT2D eigenvalue weighted by Gasteiger charge is -2.61. The third kappa shape index (κ3) is 2.36. The third-order valence-corrected chi connectivity index (χ3v) is 12.0. The van der Waals surface area contributed by atoms with Gasteiger partial charge in [-0.15, -0.1) is 0 Å². The molecule has 0 N–H and O–H groups in total. The van der Waals surface area contributed by atoms with Crippen molar-refractivity contribution in [1.82, 2.24) is 0 Å². The van der Waals surface area contributed by atoms with Crippen LogP contribution in [-0.4, -0.2) is 29.6 Å². The van der Waals surface area contributed by atoms with E-state index in [1.807, 2.05) is 6.92 Å². The lowest BCUT2D eigenvalue weighted by Crippen LogP contribution is -2.60. The number of ketones is 1. The topological polar surface area (TPSA) is 55.9 Å². The summed E-state index contributed by atoms with van der Waals surface area (Å²) >= 11 is 0. The number of hydrogen-bond acceptors (Lipinski definition) is 4. The van der Waals surface area contributed by atoms with Crippen LogP contribution in [0.3, 0.4) is 0 Å². The Kier molecular flexibility index (Phi) is 4.25. The zero-order valence-corrected chi connectivity index (χ0v) is 19.9. The minimum atomic E-state index is -0.160. The molecular weight excluding hydrogens is 388 g/mol. The lowest BCUT2D eigenvalue weighted by molar-refractivity contribution is -0.163. The fraction of sp³-hybridized carbons (Fsp3) is 0.926. The molecule has 0 unspecified atom stereocenters. The first-order chi connectivity index (χ1) is 14.7. The Hall–Kier alpha value is -0.900. The van der Waals surface area contributed by atoms with Crippen molar-refractivity contribution in [3.05, 3.63) is 0 Å². The largest absolute Gasteiger partial charge is 0.462 e. The van der Waals surface area contributed by atoms with Gasteiger partial charge in [-0.25, -0.2) is 0 Å². The second kappa shape index (κ2) is 6.36. The first-order valence-electron chi connectivity index (χ1n) is 13.0. The summed E-state index contributed by atoms with van der Waals surface area (Å²) in [4.78, 5) is 24.8. The molecule has 1 heterocycles. The van der Waals surface area contributed by atoms with Crippen molar-refractivity contribution in [2.24, 2.45) is 39.9 Å². The van der Waals surface area contributed by atoms with Crippen LogP contribution in [0, 0.1) is 39.9 Å². The van der Waals surface area contributed by atoms with Gasteiger partial charge in [0.1, 0.15) is 17.5 Å². The Morgan fingerprint density at radius 1 is 0.903 bits per heavy atom. The number of Topliss-reactive ketones (excluding diaryl/α,β-unsaturated/α-hetero) is 1. The van der Waals surface area contributed by atoms with E-state index in [0.717, 1.165) is 32.1 Å². The van der Waals surface area contributed by atoms with E-state index in [0.29, 0.717) is 35.6 Å². The molecular formula is C27H40O4. The number of ether oxygens (including phenoxy) is 2. The molecule has 6 fully saturated rings. The zero-order valence-electron chi connectivity index (χ0n) is 19.9. The monoisotopic (exact) mass is 428 g/mol. The Balaban J connectivity index is 1.33. The van der Waals surface area contributed by atoms with E-state index in [1.165, 1.54) is 45.4 Å². The van der Waals surface area contributed by atoms with Crippen molar-refractivity contribution in [3.63, 3.8) is 0 Å². The van der Waals surface area contributed by atoms with E-state index < -0.39 is 0 Å². The average Bonchev–Trinajstić information content (AvgIpc) is 3.33. The maximum absolute atomic E-state index is 13.2. The predicted octanol–water partition coefficient (Wildman–Crippen LogP) is 5.47. The third-order valence-electron chi connectivity index (χ3n) is 12.0. The summed E-state index contributed by atoms with van der Waals surface area (Å²) in [5.41, 5.74) is 0.235. The van der Waals surface area contributed by atoms with Crippen molar-refractivity contribution < 1.29 is 19.1 Å². The minimum Gasteiger partial charge on any atom is -0.462 e. The minimum absolute atomic E-state index is 0.0244. The van der Waals surface area contributed by atoms with Gasteiger partial charge in [-0.1, -0.05) is 26.7 Å². The van der Waals surface area contributed by atoms with E-state index in [4.69, 9.17) is 9.47 Å². The molecule has 1 saturated heterocycles. The summed E-state index contributed by atoms with van der Waals surface area (Å²) in [5.74, 6) is 2.98. The fourth-order valence-electron chi connectivity index (χ4n) is 10.8. The van der Waals surface area contributed by atoms with E-state index in [2.05, 4.69) is 13.8 Å². The Labute approximate surface area is 187 Å². The standard InChI is InChI=1S/C27H40O4/c1-16(28)26-10-6-5-7-18(26)13-22-20-14-23-27(31-23)15-19(30-17(2)29)8-11-25(27,4)21(20)9-12-24(22,26)3/h18-23H,5-15H2,1-4H3/t18-,19-,20-,21-,22-,23+,24-,25-,26-,27+/m1/s1. The van der Waals surface area contributed by atoms with Crippen molar-refractivity contribution in [3.8, 4) is 0 Å². The highest BCUT2D eigenvalue weighted by Crippen LogP contribution is 2.77. The van der Waals surface area contributed by atoms with Gasteiger partial charge in [0.25, 0.3) is 0 Å². The number of esters is 1. The number of fused-ring (bicyclic) bond motifs is 6. The van der Waals surface area contributed by atoms with Crippen LogP contribution in [0.2, 0.25) is 0 Å². The van der Waals surface area contributed by atoms with Gasteiger partial charge in [-0.05, 0) is 87.4 Å².